The van der Waals surface area contributed by atoms with Gasteiger partial charge in [-0.05, 0) is 0 Å². The van der Waals surface area contributed by atoms with Crippen molar-refractivity contribution in [1.82, 2.24) is 0 Å². The summed E-state index contributed by atoms with van der Waals surface area (Å²) in [4.78, 5) is 55.0. The zero-order chi connectivity index (χ0) is 24.9. The molecule has 22 heteroatoms. The molecule has 0 aliphatic heterocycles. The van der Waals surface area contributed by atoms with Gasteiger partial charge in [-0.1, -0.05) is 0 Å². The minimum atomic E-state index is -1.46. The summed E-state index contributed by atoms with van der Waals surface area (Å²) in [5.74, 6) is -2.92. The van der Waals surface area contributed by atoms with Gasteiger partial charge < -0.3 is 15.7 Å². The first-order valence-electron chi connectivity index (χ1n) is 7.25. The van der Waals surface area contributed by atoms with Crippen molar-refractivity contribution >= 4 is 71.9 Å². The standard InChI is InChI=1S/2C6H3N3O7.Ca.H2O/c2*10-6-4(8(13)14)1-3(7(11)12)2-5(6)9(15)16;;/h2*1-2,10H;;1H2/q;;+2;/p-2. The molecule has 21 nitrogen and oxygen atoms in total. The molecule has 2 aromatic carbocycles. The molecular weight excluding hydrogens is 508 g/mol. The SMILES string of the molecule is O.O=[N+]([O-])c1cc([N+](=O)[O-])c([O-])c([N+](=O)[O-])c1.O=[N+]([O-])c1cc([N+](=O)[O-])c([O-])c([N+](=O)[O-])c1.[Ca+2]. The topological polar surface area (TPSA) is 336 Å². The molecule has 2 rings (SSSR count). The first-order chi connectivity index (χ1) is 14.7. The Hall–Kier alpha value is -4.34. The van der Waals surface area contributed by atoms with Crippen molar-refractivity contribution in [3.63, 3.8) is 0 Å². The maximum atomic E-state index is 11.1. The van der Waals surface area contributed by atoms with Crippen molar-refractivity contribution in [3.05, 3.63) is 85.0 Å². The molecule has 0 bridgehead atoms. The summed E-state index contributed by atoms with van der Waals surface area (Å²) < 4.78 is 0. The van der Waals surface area contributed by atoms with Crippen molar-refractivity contribution in [1.29, 1.82) is 0 Å². The van der Waals surface area contributed by atoms with Crippen LogP contribution in [-0.4, -0.2) is 72.8 Å². The van der Waals surface area contributed by atoms with Crippen LogP contribution in [0.3, 0.4) is 0 Å². The molecule has 0 radical (unpaired) electrons. The molecule has 0 unspecified atom stereocenters. The van der Waals surface area contributed by atoms with Crippen LogP contribution in [0, 0.1) is 60.7 Å². The Bertz CT molecular complexity index is 1020. The number of non-ortho nitro benzene ring substituents is 2. The van der Waals surface area contributed by atoms with Crippen LogP contribution in [-0.2, 0) is 0 Å². The molecule has 0 spiro atoms. The quantitative estimate of drug-likeness (QED) is 0.273. The predicted molar refractivity (Wildman–Crippen MR) is 101 cm³/mol. The largest absolute Gasteiger partial charge is 2.00 e. The molecule has 0 atom stereocenters. The van der Waals surface area contributed by atoms with E-state index >= 15 is 0 Å². The molecular formula is C12H6CaN6O15. The Morgan fingerprint density at radius 3 is 0.735 bits per heavy atom. The summed E-state index contributed by atoms with van der Waals surface area (Å²) in [6.07, 6.45) is 0. The second kappa shape index (κ2) is 12.6. The number of hydrogen-bond acceptors (Lipinski definition) is 14. The molecule has 0 heterocycles. The van der Waals surface area contributed by atoms with Crippen LogP contribution in [0.5, 0.6) is 11.5 Å². The first-order valence-corrected chi connectivity index (χ1v) is 7.25. The number of hydrogen-bond donors (Lipinski definition) is 0. The van der Waals surface area contributed by atoms with Crippen molar-refractivity contribution in [3.8, 4) is 11.5 Å². The van der Waals surface area contributed by atoms with Crippen LogP contribution in [0.2, 0.25) is 0 Å². The predicted octanol–water partition coefficient (Wildman–Crippen LogP) is -0.236. The van der Waals surface area contributed by atoms with E-state index in [0.29, 0.717) is 24.3 Å². The molecule has 2 aromatic rings. The van der Waals surface area contributed by atoms with Gasteiger partial charge in [0, 0.05) is 0 Å². The van der Waals surface area contributed by atoms with Gasteiger partial charge in [0.05, 0.1) is 65.3 Å². The maximum absolute atomic E-state index is 11.1. The Kier molecular flexibility index (Phi) is 11.8. The van der Waals surface area contributed by atoms with Gasteiger partial charge in [0.15, 0.2) is 0 Å². The molecule has 0 saturated carbocycles. The van der Waals surface area contributed by atoms with Gasteiger partial charge in [0.1, 0.15) is 0 Å². The average molecular weight is 514 g/mol. The number of nitrogens with zero attached hydrogens (tertiary/aromatic N) is 6. The number of nitro benzene ring substituents is 6. The third-order valence-corrected chi connectivity index (χ3v) is 3.28. The molecule has 0 fully saturated rings. The molecule has 34 heavy (non-hydrogen) atoms. The van der Waals surface area contributed by atoms with E-state index in [4.69, 9.17) is 0 Å². The normalized spacial score (nSPS) is 9.18. The third-order valence-electron chi connectivity index (χ3n) is 3.28. The fourth-order valence-corrected chi connectivity index (χ4v) is 1.92. The Morgan fingerprint density at radius 1 is 0.441 bits per heavy atom. The van der Waals surface area contributed by atoms with Crippen LogP contribution in [0.4, 0.5) is 34.1 Å². The van der Waals surface area contributed by atoms with Gasteiger partial charge in [-0.15, -0.1) is 0 Å². The van der Waals surface area contributed by atoms with Gasteiger partial charge in [-0.2, -0.15) is 0 Å². The second-order valence-corrected chi connectivity index (χ2v) is 5.17. The maximum Gasteiger partial charge on any atom is 2.00 e. The Balaban J connectivity index is 0. The third kappa shape index (κ3) is 7.37. The van der Waals surface area contributed by atoms with E-state index in [0.717, 1.165) is 0 Å². The summed E-state index contributed by atoms with van der Waals surface area (Å²) in [5.41, 5.74) is -6.53. The molecule has 176 valence electrons. The molecule has 0 aliphatic carbocycles. The average Bonchev–Trinajstić information content (AvgIpc) is 2.67. The summed E-state index contributed by atoms with van der Waals surface area (Å²) in [6.45, 7) is 0. The molecule has 0 aromatic heterocycles. The van der Waals surface area contributed by atoms with Crippen molar-refractivity contribution in [2.75, 3.05) is 0 Å². The zero-order valence-electron chi connectivity index (χ0n) is 15.9. The van der Waals surface area contributed by atoms with Crippen molar-refractivity contribution in [2.24, 2.45) is 0 Å². The summed E-state index contributed by atoms with van der Waals surface area (Å²) in [6, 6.07) is 1.54. The van der Waals surface area contributed by atoms with Crippen LogP contribution < -0.4 is 10.2 Å². The fraction of sp³-hybridized carbons (Fsp3) is 0. The van der Waals surface area contributed by atoms with E-state index in [1.165, 1.54) is 0 Å². The number of benzene rings is 2. The Labute approximate surface area is 213 Å². The van der Waals surface area contributed by atoms with Gasteiger partial charge in [-0.25, -0.2) is 0 Å². The monoisotopic (exact) mass is 514 g/mol. The van der Waals surface area contributed by atoms with Crippen molar-refractivity contribution in [2.45, 2.75) is 0 Å². The van der Waals surface area contributed by atoms with Crippen molar-refractivity contribution < 1.29 is 45.2 Å². The van der Waals surface area contributed by atoms with Gasteiger partial charge in [0.25, 0.3) is 34.1 Å². The minimum absolute atomic E-state index is 0. The molecule has 2 N–H and O–H groups in total. The number of rotatable bonds is 6. The van der Waals surface area contributed by atoms with E-state index in [2.05, 4.69) is 0 Å². The van der Waals surface area contributed by atoms with Crippen LogP contribution in [0.25, 0.3) is 0 Å². The van der Waals surface area contributed by atoms with E-state index in [-0.39, 0.29) is 43.2 Å². The van der Waals surface area contributed by atoms with Gasteiger partial charge in [-0.3, -0.25) is 60.7 Å². The smallest absolute Gasteiger partial charge is 0.863 e. The molecule has 0 aliphatic rings. The van der Waals surface area contributed by atoms with Gasteiger partial charge >= 0.3 is 37.7 Å². The second-order valence-electron chi connectivity index (χ2n) is 5.17. The number of nitro groups is 6. The van der Waals surface area contributed by atoms with Gasteiger partial charge in [0.2, 0.25) is 0 Å². The fourth-order valence-electron chi connectivity index (χ4n) is 1.92. The Morgan fingerprint density at radius 2 is 0.618 bits per heavy atom. The first kappa shape index (κ1) is 31.8. The van der Waals surface area contributed by atoms with Crippen LogP contribution in [0.15, 0.2) is 24.3 Å². The molecule has 0 saturated heterocycles. The summed E-state index contributed by atoms with van der Waals surface area (Å²) in [5, 5.41) is 84.2. The summed E-state index contributed by atoms with van der Waals surface area (Å²) in [7, 11) is 0. The molecule has 0 amide bonds. The summed E-state index contributed by atoms with van der Waals surface area (Å²) >= 11 is 0. The minimum Gasteiger partial charge on any atom is -0.863 e. The van der Waals surface area contributed by atoms with E-state index < -0.39 is 75.2 Å². The van der Waals surface area contributed by atoms with Crippen LogP contribution in [0.1, 0.15) is 0 Å². The van der Waals surface area contributed by atoms with Crippen LogP contribution >= 0.6 is 0 Å². The van der Waals surface area contributed by atoms with E-state index in [9.17, 15) is 70.9 Å². The van der Waals surface area contributed by atoms with E-state index in [1.54, 1.807) is 0 Å². The van der Waals surface area contributed by atoms with E-state index in [1.807, 2.05) is 0 Å². The zero-order valence-corrected chi connectivity index (χ0v) is 18.1.